The number of nitrogens with two attached hydrogens (primary N) is 3. The number of fused-ring (bicyclic) bond motifs is 1. The summed E-state index contributed by atoms with van der Waals surface area (Å²) in [6.45, 7) is 2.49. The first-order chi connectivity index (χ1) is 30.2. The molecule has 1 heterocycles. The third-order valence-electron chi connectivity index (χ3n) is 9.70. The van der Waals surface area contributed by atoms with Crippen molar-refractivity contribution in [3.8, 4) is 0 Å². The molecule has 3 aromatic rings. The predicted octanol–water partition coefficient (Wildman–Crippen LogP) is 0.0474. The van der Waals surface area contributed by atoms with Gasteiger partial charge < -0.3 is 52.8 Å². The van der Waals surface area contributed by atoms with Crippen LogP contribution in [0, 0.1) is 0 Å². The lowest BCUT2D eigenvalue weighted by Crippen LogP contribution is -2.58. The van der Waals surface area contributed by atoms with Crippen LogP contribution in [-0.4, -0.2) is 121 Å². The van der Waals surface area contributed by atoms with E-state index in [0.717, 1.165) is 27.7 Å². The summed E-state index contributed by atoms with van der Waals surface area (Å²) in [6, 6.07) is 12.3. The molecule has 342 valence electrons. The number of hydrogen-bond donors (Lipinski definition) is 7. The van der Waals surface area contributed by atoms with Gasteiger partial charge in [0.2, 0.25) is 41.4 Å². The number of ether oxygens (including phenoxy) is 2. The number of rotatable bonds is 29. The van der Waals surface area contributed by atoms with E-state index in [-0.39, 0.29) is 51.2 Å². The van der Waals surface area contributed by atoms with Crippen molar-refractivity contribution in [2.45, 2.75) is 95.3 Å². The fraction of sp³-hybridized carbons (Fsp3) is 0.477. The van der Waals surface area contributed by atoms with Crippen molar-refractivity contribution >= 4 is 58.1 Å². The quantitative estimate of drug-likeness (QED) is 0.0360. The van der Waals surface area contributed by atoms with E-state index >= 15 is 0 Å². The number of benzene rings is 2. The fourth-order valence-corrected chi connectivity index (χ4v) is 6.35. The van der Waals surface area contributed by atoms with E-state index in [4.69, 9.17) is 26.7 Å². The molecule has 3 rings (SSSR count). The molecule has 19 heteroatoms. The van der Waals surface area contributed by atoms with Gasteiger partial charge in [0.05, 0.1) is 25.6 Å². The normalized spacial score (nSPS) is 12.8. The van der Waals surface area contributed by atoms with Crippen molar-refractivity contribution < 1.29 is 47.8 Å². The largest absolute Gasteiger partial charge is 0.466 e. The minimum atomic E-state index is -1.60. The van der Waals surface area contributed by atoms with Crippen LogP contribution in [-0.2, 0) is 60.7 Å². The summed E-state index contributed by atoms with van der Waals surface area (Å²) >= 11 is 0. The zero-order valence-corrected chi connectivity index (χ0v) is 36.0. The summed E-state index contributed by atoms with van der Waals surface area (Å²) in [4.78, 5) is 107. The molecule has 4 atom stereocenters. The standard InChI is InChI=1S/C44H61N9O10/c1-3-4-22-63-40(57)17-16-34(42(59)51-35(26-37(46)54)43(60)52-36(25-30-10-7-18-48-27-30)44(61)53(2)28-38(47)55)50-39(56)13-8-20-62-21-9-19-49-41(58)33(45)24-29-14-15-31-11-5-6-12-32(31)23-29/h5-7,10-12,14-15,18,23,27,33-36H,3-4,8-9,13,16-17,19-22,24-26,28,45H2,1-2H3,(H2,46,54)(H2,47,55)(H,49,58)(H,50,56)(H,51,59)(H,52,60)/t33-,34-,35-,36-/m0/s1. The summed E-state index contributed by atoms with van der Waals surface area (Å²) < 4.78 is 10.8. The Morgan fingerprint density at radius 2 is 1.44 bits per heavy atom. The summed E-state index contributed by atoms with van der Waals surface area (Å²) in [5.74, 6) is -5.73. The van der Waals surface area contributed by atoms with E-state index in [1.54, 1.807) is 12.1 Å². The fourth-order valence-electron chi connectivity index (χ4n) is 6.35. The number of nitrogens with zero attached hydrogens (tertiary/aromatic N) is 2. The molecule has 0 bridgehead atoms. The Morgan fingerprint density at radius 3 is 2.14 bits per heavy atom. The highest BCUT2D eigenvalue weighted by Crippen LogP contribution is 2.16. The van der Waals surface area contributed by atoms with E-state index in [1.165, 1.54) is 19.4 Å². The summed E-state index contributed by atoms with van der Waals surface area (Å²) in [5, 5.41) is 12.5. The number of nitrogens with one attached hydrogen (secondary N) is 4. The van der Waals surface area contributed by atoms with E-state index in [2.05, 4.69) is 26.3 Å². The number of amides is 7. The number of hydrogen-bond acceptors (Lipinski definition) is 12. The minimum Gasteiger partial charge on any atom is -0.466 e. The van der Waals surface area contributed by atoms with Crippen LogP contribution < -0.4 is 38.5 Å². The van der Waals surface area contributed by atoms with E-state index < -0.39 is 78.5 Å². The molecular weight excluding hydrogens is 815 g/mol. The van der Waals surface area contributed by atoms with Gasteiger partial charge >= 0.3 is 5.97 Å². The number of likely N-dealkylation sites (N-methyl/N-ethyl adjacent to an activating group) is 1. The minimum absolute atomic E-state index is 0.0623. The van der Waals surface area contributed by atoms with Crippen molar-refractivity contribution in [3.05, 3.63) is 78.1 Å². The van der Waals surface area contributed by atoms with Crippen molar-refractivity contribution in [1.82, 2.24) is 31.2 Å². The Bertz CT molecular complexity index is 2000. The maximum Gasteiger partial charge on any atom is 0.305 e. The molecule has 0 saturated heterocycles. The number of primary amides is 2. The van der Waals surface area contributed by atoms with E-state index in [1.807, 2.05) is 49.4 Å². The van der Waals surface area contributed by atoms with Gasteiger partial charge in [-0.25, -0.2) is 0 Å². The van der Waals surface area contributed by atoms with Gasteiger partial charge in [-0.15, -0.1) is 0 Å². The molecule has 0 unspecified atom stereocenters. The third kappa shape index (κ3) is 19.4. The molecule has 1 aromatic heterocycles. The number of carbonyl (C=O) groups is 8. The van der Waals surface area contributed by atoms with Crippen molar-refractivity contribution in [1.29, 1.82) is 0 Å². The van der Waals surface area contributed by atoms with Gasteiger partial charge in [-0.05, 0) is 60.1 Å². The average molecular weight is 876 g/mol. The first kappa shape index (κ1) is 50.9. The van der Waals surface area contributed by atoms with E-state index in [0.29, 0.717) is 38.0 Å². The van der Waals surface area contributed by atoms with Crippen LogP contribution in [0.2, 0.25) is 0 Å². The van der Waals surface area contributed by atoms with Gasteiger partial charge in [-0.3, -0.25) is 43.3 Å². The van der Waals surface area contributed by atoms with Crippen LogP contribution >= 0.6 is 0 Å². The maximum atomic E-state index is 13.7. The summed E-state index contributed by atoms with van der Waals surface area (Å²) in [6.07, 6.45) is 4.30. The molecule has 63 heavy (non-hydrogen) atoms. The van der Waals surface area contributed by atoms with Crippen LogP contribution in [0.1, 0.15) is 69.4 Å². The first-order valence-corrected chi connectivity index (χ1v) is 21.0. The number of esters is 1. The molecule has 10 N–H and O–H groups in total. The Morgan fingerprint density at radius 1 is 0.730 bits per heavy atom. The second-order valence-corrected chi connectivity index (χ2v) is 15.1. The predicted molar refractivity (Wildman–Crippen MR) is 233 cm³/mol. The van der Waals surface area contributed by atoms with Crippen LogP contribution in [0.15, 0.2) is 67.0 Å². The Labute approximate surface area is 366 Å². The van der Waals surface area contributed by atoms with Crippen LogP contribution in [0.3, 0.4) is 0 Å². The summed E-state index contributed by atoms with van der Waals surface area (Å²) in [7, 11) is 1.32. The van der Waals surface area contributed by atoms with Crippen LogP contribution in [0.4, 0.5) is 0 Å². The molecule has 0 spiro atoms. The molecule has 0 aliphatic rings. The molecule has 0 fully saturated rings. The number of pyridine rings is 1. The second-order valence-electron chi connectivity index (χ2n) is 15.1. The van der Waals surface area contributed by atoms with Crippen LogP contribution in [0.5, 0.6) is 0 Å². The van der Waals surface area contributed by atoms with Gasteiger partial charge in [0.25, 0.3) is 0 Å². The van der Waals surface area contributed by atoms with Gasteiger partial charge in [-0.2, -0.15) is 0 Å². The number of carbonyl (C=O) groups excluding carboxylic acids is 8. The SMILES string of the molecule is CCCCOC(=O)CC[C@H](NC(=O)CCCOCCCNC(=O)[C@@H](N)Cc1ccc2ccccc2c1)C(=O)N[C@@H](CC(N)=O)C(=O)N[C@@H](Cc1cccnc1)C(=O)N(C)CC(N)=O. The molecule has 7 amide bonds. The highest BCUT2D eigenvalue weighted by atomic mass is 16.5. The smallest absolute Gasteiger partial charge is 0.305 e. The van der Waals surface area contributed by atoms with E-state index in [9.17, 15) is 38.4 Å². The van der Waals surface area contributed by atoms with Crippen molar-refractivity contribution in [2.75, 3.05) is 40.0 Å². The molecule has 0 radical (unpaired) electrons. The zero-order valence-electron chi connectivity index (χ0n) is 36.0. The van der Waals surface area contributed by atoms with Crippen molar-refractivity contribution in [2.24, 2.45) is 17.2 Å². The molecule has 19 nitrogen and oxygen atoms in total. The molecule has 0 saturated carbocycles. The van der Waals surface area contributed by atoms with Gasteiger partial charge in [0, 0.05) is 58.5 Å². The van der Waals surface area contributed by atoms with Crippen molar-refractivity contribution in [3.63, 3.8) is 0 Å². The zero-order chi connectivity index (χ0) is 46.1. The molecule has 0 aliphatic carbocycles. The Kier molecular flexibility index (Phi) is 22.2. The molecule has 0 aliphatic heterocycles. The summed E-state index contributed by atoms with van der Waals surface area (Å²) in [5.41, 5.74) is 18.4. The van der Waals surface area contributed by atoms with Gasteiger partial charge in [0.15, 0.2) is 0 Å². The topological polar surface area (TPSA) is 297 Å². The second kappa shape index (κ2) is 27.5. The lowest BCUT2D eigenvalue weighted by atomic mass is 10.0. The number of aromatic nitrogens is 1. The monoisotopic (exact) mass is 875 g/mol. The van der Waals surface area contributed by atoms with Crippen LogP contribution in [0.25, 0.3) is 10.8 Å². The lowest BCUT2D eigenvalue weighted by Gasteiger charge is -2.27. The lowest BCUT2D eigenvalue weighted by molar-refractivity contribution is -0.144. The highest BCUT2D eigenvalue weighted by Gasteiger charge is 2.32. The number of unbranched alkanes of at least 4 members (excludes halogenated alkanes) is 1. The third-order valence-corrected chi connectivity index (χ3v) is 9.70. The Hall–Kier alpha value is -6.47. The van der Waals surface area contributed by atoms with Gasteiger partial charge in [0.1, 0.15) is 18.1 Å². The highest BCUT2D eigenvalue weighted by molar-refractivity contribution is 5.97. The average Bonchev–Trinajstić information content (AvgIpc) is 3.25. The van der Waals surface area contributed by atoms with Gasteiger partial charge in [-0.1, -0.05) is 61.9 Å². The Balaban J connectivity index is 1.54. The first-order valence-electron chi connectivity index (χ1n) is 21.0. The molecular formula is C44H61N9O10. The maximum absolute atomic E-state index is 13.7. The molecule has 2 aromatic carbocycles.